The SMILES string of the molecule is COC(=O)c1ccc(-n2c(C)cc(/C=C3/SC(=S)N(c4ccccc4)C3=O)c2C)c(C)c1. The van der Waals surface area contributed by atoms with Gasteiger partial charge in [-0.2, -0.15) is 0 Å². The van der Waals surface area contributed by atoms with Gasteiger partial charge in [-0.3, -0.25) is 9.69 Å². The van der Waals surface area contributed by atoms with E-state index in [4.69, 9.17) is 17.0 Å². The third-order valence-corrected chi connectivity index (χ3v) is 6.73. The van der Waals surface area contributed by atoms with Gasteiger partial charge in [-0.25, -0.2) is 4.79 Å². The number of nitrogens with zero attached hydrogens (tertiary/aromatic N) is 2. The van der Waals surface area contributed by atoms with Crippen LogP contribution >= 0.6 is 24.0 Å². The summed E-state index contributed by atoms with van der Waals surface area (Å²) in [5, 5.41) is 0. The van der Waals surface area contributed by atoms with Crippen LogP contribution in [0.5, 0.6) is 0 Å². The Morgan fingerprint density at radius 1 is 1.06 bits per heavy atom. The van der Waals surface area contributed by atoms with Crippen molar-refractivity contribution in [3.63, 3.8) is 0 Å². The second-order valence-corrected chi connectivity index (χ2v) is 9.18. The molecule has 2 heterocycles. The van der Waals surface area contributed by atoms with Gasteiger partial charge < -0.3 is 9.30 Å². The average molecular weight is 463 g/mol. The Labute approximate surface area is 196 Å². The van der Waals surface area contributed by atoms with Crippen molar-refractivity contribution in [1.82, 2.24) is 4.57 Å². The fraction of sp³-hybridized carbons (Fsp3) is 0.160. The number of rotatable bonds is 4. The van der Waals surface area contributed by atoms with Gasteiger partial charge in [-0.15, -0.1) is 0 Å². The summed E-state index contributed by atoms with van der Waals surface area (Å²) in [7, 11) is 1.37. The first-order chi connectivity index (χ1) is 15.3. The van der Waals surface area contributed by atoms with Crippen LogP contribution in [-0.2, 0) is 9.53 Å². The highest BCUT2D eigenvalue weighted by Crippen LogP contribution is 2.37. The van der Waals surface area contributed by atoms with Crippen molar-refractivity contribution in [3.05, 3.63) is 87.6 Å². The van der Waals surface area contributed by atoms with Gasteiger partial charge >= 0.3 is 5.97 Å². The zero-order valence-electron chi connectivity index (χ0n) is 18.2. The Balaban J connectivity index is 1.70. The zero-order valence-corrected chi connectivity index (χ0v) is 19.8. The number of ether oxygens (including phenoxy) is 1. The summed E-state index contributed by atoms with van der Waals surface area (Å²) < 4.78 is 7.47. The van der Waals surface area contributed by atoms with Crippen LogP contribution in [0.25, 0.3) is 11.8 Å². The van der Waals surface area contributed by atoms with E-state index >= 15 is 0 Å². The van der Waals surface area contributed by atoms with E-state index in [0.29, 0.717) is 14.8 Å². The second-order valence-electron chi connectivity index (χ2n) is 7.51. The van der Waals surface area contributed by atoms with Crippen LogP contribution in [0.2, 0.25) is 0 Å². The molecule has 0 N–H and O–H groups in total. The maximum atomic E-state index is 13.1. The average Bonchev–Trinajstić information content (AvgIpc) is 3.22. The summed E-state index contributed by atoms with van der Waals surface area (Å²) in [6.07, 6.45) is 1.90. The molecular formula is C25H22N2O3S2. The van der Waals surface area contributed by atoms with E-state index in [1.54, 1.807) is 11.0 Å². The normalized spacial score (nSPS) is 15.0. The Morgan fingerprint density at radius 2 is 1.78 bits per heavy atom. The Bertz CT molecular complexity index is 1280. The number of aryl methyl sites for hydroxylation is 2. The molecule has 3 aromatic rings. The molecule has 1 saturated heterocycles. The van der Waals surface area contributed by atoms with Crippen LogP contribution in [0.1, 0.15) is 32.9 Å². The predicted molar refractivity (Wildman–Crippen MR) is 133 cm³/mol. The first-order valence-corrected chi connectivity index (χ1v) is 11.3. The molecule has 1 aromatic heterocycles. The number of hydrogen-bond donors (Lipinski definition) is 0. The molecule has 0 atom stereocenters. The summed E-state index contributed by atoms with van der Waals surface area (Å²) in [6, 6.07) is 17.0. The van der Waals surface area contributed by atoms with E-state index < -0.39 is 0 Å². The highest BCUT2D eigenvalue weighted by Gasteiger charge is 2.33. The largest absolute Gasteiger partial charge is 0.465 e. The number of carbonyl (C=O) groups is 2. The number of benzene rings is 2. The van der Waals surface area contributed by atoms with Crippen LogP contribution in [0.4, 0.5) is 5.69 Å². The first kappa shape index (κ1) is 22.0. The van der Waals surface area contributed by atoms with Crippen LogP contribution in [0.3, 0.4) is 0 Å². The molecule has 0 unspecified atom stereocenters. The molecule has 0 radical (unpaired) electrons. The van der Waals surface area contributed by atoms with Crippen molar-refractivity contribution in [2.75, 3.05) is 12.0 Å². The predicted octanol–water partition coefficient (Wildman–Crippen LogP) is 5.59. The quantitative estimate of drug-likeness (QED) is 0.287. The molecule has 0 spiro atoms. The number of aromatic nitrogens is 1. The van der Waals surface area contributed by atoms with Gasteiger partial charge in [0.15, 0.2) is 4.32 Å². The van der Waals surface area contributed by atoms with Crippen molar-refractivity contribution >= 4 is 51.9 Å². The lowest BCUT2D eigenvalue weighted by Gasteiger charge is -2.14. The van der Waals surface area contributed by atoms with E-state index in [1.807, 2.05) is 69.3 Å². The maximum Gasteiger partial charge on any atom is 0.337 e. The minimum atomic E-state index is -0.360. The van der Waals surface area contributed by atoms with Crippen molar-refractivity contribution in [2.24, 2.45) is 0 Å². The molecule has 0 aliphatic carbocycles. The molecule has 0 saturated carbocycles. The van der Waals surface area contributed by atoms with E-state index in [2.05, 4.69) is 10.6 Å². The number of thiocarbonyl (C=S) groups is 1. The van der Waals surface area contributed by atoms with Gasteiger partial charge in [0.2, 0.25) is 0 Å². The lowest BCUT2D eigenvalue weighted by molar-refractivity contribution is -0.113. The highest BCUT2D eigenvalue weighted by atomic mass is 32.2. The van der Waals surface area contributed by atoms with Crippen LogP contribution in [0.15, 0.2) is 59.5 Å². The first-order valence-electron chi connectivity index (χ1n) is 10.0. The van der Waals surface area contributed by atoms with Crippen molar-refractivity contribution in [2.45, 2.75) is 20.8 Å². The summed E-state index contributed by atoms with van der Waals surface area (Å²) in [5.41, 5.74) is 6.20. The molecule has 32 heavy (non-hydrogen) atoms. The topological polar surface area (TPSA) is 51.5 Å². The van der Waals surface area contributed by atoms with Crippen LogP contribution in [-0.4, -0.2) is 27.9 Å². The lowest BCUT2D eigenvalue weighted by atomic mass is 10.1. The standard InChI is InChI=1S/C25H22N2O3S2/c1-15-12-18(24(29)30-4)10-11-21(15)26-16(2)13-19(17(26)3)14-22-23(28)27(25(31)32-22)20-8-6-5-7-9-20/h5-14H,1-4H3/b22-14+. The Kier molecular flexibility index (Phi) is 6.04. The molecule has 0 bridgehead atoms. The number of para-hydroxylation sites is 1. The minimum Gasteiger partial charge on any atom is -0.465 e. The van der Waals surface area contributed by atoms with Crippen molar-refractivity contribution in [1.29, 1.82) is 0 Å². The van der Waals surface area contributed by atoms with E-state index in [1.165, 1.54) is 18.9 Å². The van der Waals surface area contributed by atoms with Gasteiger partial charge in [0.05, 0.1) is 23.3 Å². The summed E-state index contributed by atoms with van der Waals surface area (Å²) in [5.74, 6) is -0.476. The third kappa shape index (κ3) is 3.89. The van der Waals surface area contributed by atoms with Gasteiger partial charge in [0.25, 0.3) is 5.91 Å². The number of methoxy groups -OCH3 is 1. The molecule has 5 nitrogen and oxygen atoms in total. The van der Waals surface area contributed by atoms with Gasteiger partial charge in [-0.1, -0.05) is 42.2 Å². The molecular weight excluding hydrogens is 440 g/mol. The van der Waals surface area contributed by atoms with Crippen LogP contribution < -0.4 is 4.90 Å². The molecule has 1 fully saturated rings. The summed E-state index contributed by atoms with van der Waals surface area (Å²) in [4.78, 5) is 27.1. The molecule has 1 amide bonds. The molecule has 1 aliphatic rings. The molecule has 7 heteroatoms. The van der Waals surface area contributed by atoms with Gasteiger partial charge in [0, 0.05) is 17.1 Å². The third-order valence-electron chi connectivity index (χ3n) is 5.42. The van der Waals surface area contributed by atoms with E-state index in [0.717, 1.165) is 33.9 Å². The second kappa shape index (κ2) is 8.76. The van der Waals surface area contributed by atoms with Crippen molar-refractivity contribution < 1.29 is 14.3 Å². The number of esters is 1. The number of thioether (sulfide) groups is 1. The lowest BCUT2D eigenvalue weighted by Crippen LogP contribution is -2.27. The smallest absolute Gasteiger partial charge is 0.337 e. The maximum absolute atomic E-state index is 13.1. The molecule has 4 rings (SSSR count). The van der Waals surface area contributed by atoms with E-state index in [-0.39, 0.29) is 11.9 Å². The molecule has 2 aromatic carbocycles. The minimum absolute atomic E-state index is 0.116. The fourth-order valence-corrected chi connectivity index (χ4v) is 5.15. The van der Waals surface area contributed by atoms with Gasteiger partial charge in [0.1, 0.15) is 0 Å². The Hall–Kier alpha value is -3.16. The number of amides is 1. The number of carbonyl (C=O) groups excluding carboxylic acids is 2. The van der Waals surface area contributed by atoms with E-state index in [9.17, 15) is 9.59 Å². The molecule has 162 valence electrons. The van der Waals surface area contributed by atoms with Crippen molar-refractivity contribution in [3.8, 4) is 5.69 Å². The summed E-state index contributed by atoms with van der Waals surface area (Å²) in [6.45, 7) is 6.00. The van der Waals surface area contributed by atoms with Crippen LogP contribution in [0, 0.1) is 20.8 Å². The monoisotopic (exact) mass is 462 g/mol. The number of anilines is 1. The molecule has 1 aliphatic heterocycles. The number of hydrogen-bond acceptors (Lipinski definition) is 5. The zero-order chi connectivity index (χ0) is 23.0. The fourth-order valence-electron chi connectivity index (χ4n) is 3.86. The Morgan fingerprint density at radius 3 is 2.44 bits per heavy atom. The highest BCUT2D eigenvalue weighted by molar-refractivity contribution is 8.27. The summed E-state index contributed by atoms with van der Waals surface area (Å²) >= 11 is 6.79. The van der Waals surface area contributed by atoms with Gasteiger partial charge in [-0.05, 0) is 74.4 Å².